The Bertz CT molecular complexity index is 609. The number of hydrogen-bond donors (Lipinski definition) is 2. The van der Waals surface area contributed by atoms with Gasteiger partial charge in [0.05, 0.1) is 0 Å². The molecule has 0 heterocycles. The minimum absolute atomic E-state index is 0.588. The first-order valence-corrected chi connectivity index (χ1v) is 5.97. The van der Waals surface area contributed by atoms with Gasteiger partial charge in [-0.15, -0.1) is 0 Å². The molecule has 3 N–H and O–H groups in total. The van der Waals surface area contributed by atoms with Crippen molar-refractivity contribution in [2.45, 2.75) is 4.90 Å². The minimum Gasteiger partial charge on any atom is -0.368 e. The molecule has 0 bridgehead atoms. The molecule has 7 nitrogen and oxygen atoms in total. The van der Waals surface area contributed by atoms with Gasteiger partial charge < -0.3 is 5.73 Å². The zero-order valence-electron chi connectivity index (χ0n) is 8.88. The van der Waals surface area contributed by atoms with Crippen molar-refractivity contribution in [2.75, 3.05) is 6.61 Å². The summed E-state index contributed by atoms with van der Waals surface area (Å²) in [4.78, 5) is 15.6. The number of amides is 1. The number of rotatable bonds is 5. The van der Waals surface area contributed by atoms with Gasteiger partial charge in [-0.05, 0) is 12.1 Å². The Balaban J connectivity index is 3.03. The highest BCUT2D eigenvalue weighted by atomic mass is 32.2. The standard InChI is InChI=1S/C9H8FN3O4S/c10-7-2-1-3-8(6(7)4-11)18(15,16)13-17-5-9(12)14/h1-3,13H,5H2,(H2,12,14). The number of halogens is 1. The Morgan fingerprint density at radius 1 is 1.56 bits per heavy atom. The summed E-state index contributed by atoms with van der Waals surface area (Å²) in [6.07, 6.45) is 0. The lowest BCUT2D eigenvalue weighted by atomic mass is 10.2. The number of carbonyl (C=O) groups is 1. The van der Waals surface area contributed by atoms with Crippen LogP contribution in [0.25, 0.3) is 0 Å². The third-order valence-electron chi connectivity index (χ3n) is 1.76. The third-order valence-corrected chi connectivity index (χ3v) is 3.02. The molecule has 96 valence electrons. The van der Waals surface area contributed by atoms with Gasteiger partial charge in [0, 0.05) is 0 Å². The summed E-state index contributed by atoms with van der Waals surface area (Å²) < 4.78 is 36.5. The highest BCUT2D eigenvalue weighted by Gasteiger charge is 2.21. The van der Waals surface area contributed by atoms with E-state index in [9.17, 15) is 17.6 Å². The van der Waals surface area contributed by atoms with Crippen LogP contribution in [-0.2, 0) is 19.7 Å². The van der Waals surface area contributed by atoms with Crippen LogP contribution >= 0.6 is 0 Å². The summed E-state index contributed by atoms with van der Waals surface area (Å²) in [6, 6.07) is 4.52. The van der Waals surface area contributed by atoms with Crippen molar-refractivity contribution >= 4 is 15.9 Å². The van der Waals surface area contributed by atoms with Crippen LogP contribution < -0.4 is 10.6 Å². The molecule has 0 saturated heterocycles. The molecule has 0 fully saturated rings. The molecule has 0 saturated carbocycles. The van der Waals surface area contributed by atoms with E-state index >= 15 is 0 Å². The van der Waals surface area contributed by atoms with Crippen LogP contribution in [0.4, 0.5) is 4.39 Å². The van der Waals surface area contributed by atoms with Crippen LogP contribution in [0.2, 0.25) is 0 Å². The zero-order valence-corrected chi connectivity index (χ0v) is 9.70. The number of primary amides is 1. The van der Waals surface area contributed by atoms with Crippen molar-refractivity contribution in [1.29, 1.82) is 5.26 Å². The Kier molecular flexibility index (Phi) is 4.33. The normalized spacial score (nSPS) is 10.9. The van der Waals surface area contributed by atoms with Gasteiger partial charge in [-0.25, -0.2) is 12.8 Å². The second kappa shape index (κ2) is 5.54. The molecule has 0 atom stereocenters. The SMILES string of the molecule is N#Cc1c(F)cccc1S(=O)(=O)NOCC(N)=O. The fourth-order valence-corrected chi connectivity index (χ4v) is 2.03. The fourth-order valence-electron chi connectivity index (χ4n) is 1.06. The third kappa shape index (κ3) is 3.24. The second-order valence-corrected chi connectivity index (χ2v) is 4.68. The van der Waals surface area contributed by atoms with E-state index < -0.39 is 38.8 Å². The molecular formula is C9H8FN3O4S. The molecule has 18 heavy (non-hydrogen) atoms. The Hall–Kier alpha value is -2.02. The van der Waals surface area contributed by atoms with E-state index in [0.29, 0.717) is 0 Å². The summed E-state index contributed by atoms with van der Waals surface area (Å²) in [5.41, 5.74) is 4.08. The molecule has 1 amide bonds. The highest BCUT2D eigenvalue weighted by Crippen LogP contribution is 2.17. The maximum Gasteiger partial charge on any atom is 0.263 e. The molecular weight excluding hydrogens is 265 g/mol. The molecule has 9 heteroatoms. The van der Waals surface area contributed by atoms with Crippen molar-refractivity contribution in [2.24, 2.45) is 5.73 Å². The average Bonchev–Trinajstić information content (AvgIpc) is 2.27. The van der Waals surface area contributed by atoms with Crippen molar-refractivity contribution in [3.05, 3.63) is 29.6 Å². The lowest BCUT2D eigenvalue weighted by Crippen LogP contribution is -2.30. The lowest BCUT2D eigenvalue weighted by molar-refractivity contribution is -0.123. The maximum atomic E-state index is 13.2. The fraction of sp³-hybridized carbons (Fsp3) is 0.111. The molecule has 1 aromatic carbocycles. The molecule has 0 aromatic heterocycles. The van der Waals surface area contributed by atoms with Crippen LogP contribution in [0.5, 0.6) is 0 Å². The van der Waals surface area contributed by atoms with Crippen molar-refractivity contribution < 1.29 is 22.4 Å². The van der Waals surface area contributed by atoms with Gasteiger partial charge in [0.15, 0.2) is 0 Å². The van der Waals surface area contributed by atoms with E-state index in [4.69, 9.17) is 11.0 Å². The van der Waals surface area contributed by atoms with Gasteiger partial charge in [-0.3, -0.25) is 9.63 Å². The van der Waals surface area contributed by atoms with Crippen LogP contribution in [0.3, 0.4) is 0 Å². The molecule has 1 rings (SSSR count). The maximum absolute atomic E-state index is 13.2. The molecule has 0 unspecified atom stereocenters. The minimum atomic E-state index is -4.26. The monoisotopic (exact) mass is 273 g/mol. The van der Waals surface area contributed by atoms with Crippen LogP contribution in [0, 0.1) is 17.1 Å². The Morgan fingerprint density at radius 3 is 2.78 bits per heavy atom. The first kappa shape index (κ1) is 14.0. The summed E-state index contributed by atoms with van der Waals surface area (Å²) in [5.74, 6) is -1.87. The van der Waals surface area contributed by atoms with Gasteiger partial charge in [0.1, 0.15) is 29.0 Å². The predicted molar refractivity (Wildman–Crippen MR) is 56.6 cm³/mol. The number of benzene rings is 1. The quantitative estimate of drug-likeness (QED) is 0.693. The van der Waals surface area contributed by atoms with Gasteiger partial charge in [0.2, 0.25) is 5.91 Å². The van der Waals surface area contributed by atoms with Gasteiger partial charge in [-0.1, -0.05) is 11.0 Å². The zero-order chi connectivity index (χ0) is 13.8. The van der Waals surface area contributed by atoms with Crippen molar-refractivity contribution in [3.8, 4) is 6.07 Å². The topological polar surface area (TPSA) is 122 Å². The molecule has 1 aromatic rings. The molecule has 0 spiro atoms. The molecule has 0 radical (unpaired) electrons. The summed E-state index contributed by atoms with van der Waals surface area (Å²) in [5, 5.41) is 8.68. The van der Waals surface area contributed by atoms with Crippen LogP contribution in [0.1, 0.15) is 5.56 Å². The number of sulfonamides is 1. The number of carbonyl (C=O) groups excluding carboxylic acids is 1. The number of nitrogens with one attached hydrogen (secondary N) is 1. The van der Waals surface area contributed by atoms with E-state index in [1.807, 2.05) is 0 Å². The van der Waals surface area contributed by atoms with E-state index in [-0.39, 0.29) is 0 Å². The van der Waals surface area contributed by atoms with E-state index in [0.717, 1.165) is 18.2 Å². The van der Waals surface area contributed by atoms with Gasteiger partial charge in [-0.2, -0.15) is 5.26 Å². The Labute approximate surface area is 102 Å². The lowest BCUT2D eigenvalue weighted by Gasteiger charge is -2.07. The van der Waals surface area contributed by atoms with E-state index in [1.54, 1.807) is 4.89 Å². The van der Waals surface area contributed by atoms with Crippen LogP contribution in [0.15, 0.2) is 23.1 Å². The second-order valence-electron chi connectivity index (χ2n) is 3.07. The summed E-state index contributed by atoms with van der Waals surface area (Å²) in [7, 11) is -4.26. The largest absolute Gasteiger partial charge is 0.368 e. The molecule has 0 aliphatic heterocycles. The predicted octanol–water partition coefficient (Wildman–Crippen LogP) is -0.607. The van der Waals surface area contributed by atoms with E-state index in [1.165, 1.54) is 6.07 Å². The Morgan fingerprint density at radius 2 is 2.22 bits per heavy atom. The van der Waals surface area contributed by atoms with Gasteiger partial charge in [0.25, 0.3) is 10.0 Å². The molecule has 0 aliphatic carbocycles. The van der Waals surface area contributed by atoms with Crippen molar-refractivity contribution in [3.63, 3.8) is 0 Å². The number of nitriles is 1. The number of nitrogens with zero attached hydrogens (tertiary/aromatic N) is 1. The smallest absolute Gasteiger partial charge is 0.263 e. The van der Waals surface area contributed by atoms with Crippen LogP contribution in [-0.4, -0.2) is 20.9 Å². The summed E-state index contributed by atoms with van der Waals surface area (Å²) >= 11 is 0. The van der Waals surface area contributed by atoms with E-state index in [2.05, 4.69) is 4.84 Å². The number of hydrogen-bond acceptors (Lipinski definition) is 5. The van der Waals surface area contributed by atoms with Crippen molar-refractivity contribution in [1.82, 2.24) is 4.89 Å². The first-order valence-electron chi connectivity index (χ1n) is 4.49. The highest BCUT2D eigenvalue weighted by molar-refractivity contribution is 7.89. The molecule has 0 aliphatic rings. The summed E-state index contributed by atoms with van der Waals surface area (Å²) in [6.45, 7) is -0.684. The number of nitrogens with two attached hydrogens (primary N) is 1. The van der Waals surface area contributed by atoms with Gasteiger partial charge >= 0.3 is 0 Å². The first-order chi connectivity index (χ1) is 8.38. The average molecular weight is 273 g/mol.